The van der Waals surface area contributed by atoms with Gasteiger partial charge >= 0.3 is 5.97 Å². The van der Waals surface area contributed by atoms with Crippen molar-refractivity contribution in [2.24, 2.45) is 11.3 Å². The van der Waals surface area contributed by atoms with Crippen LogP contribution >= 0.6 is 0 Å². The van der Waals surface area contributed by atoms with Crippen molar-refractivity contribution < 1.29 is 19.4 Å². The van der Waals surface area contributed by atoms with Gasteiger partial charge in [-0.3, -0.25) is 14.5 Å². The van der Waals surface area contributed by atoms with Crippen LogP contribution in [0, 0.1) is 11.3 Å². The second-order valence-corrected chi connectivity index (χ2v) is 8.03. The monoisotopic (exact) mass is 339 g/mol. The van der Waals surface area contributed by atoms with Crippen LogP contribution in [0.5, 0.6) is 0 Å². The summed E-state index contributed by atoms with van der Waals surface area (Å²) in [5.74, 6) is -0.670. The molecule has 0 aromatic rings. The van der Waals surface area contributed by atoms with E-state index in [1.807, 2.05) is 20.9 Å². The lowest BCUT2D eigenvalue weighted by Gasteiger charge is -2.41. The van der Waals surface area contributed by atoms with Crippen molar-refractivity contribution in [2.75, 3.05) is 59.5 Å². The molecule has 0 bridgehead atoms. The molecule has 3 heterocycles. The number of piperidine rings is 1. The largest absolute Gasteiger partial charge is 0.481 e. The molecule has 136 valence electrons. The quantitative estimate of drug-likeness (QED) is 0.778. The Kier molecular flexibility index (Phi) is 4.61. The lowest BCUT2D eigenvalue weighted by molar-refractivity contribution is -0.154. The highest BCUT2D eigenvalue weighted by molar-refractivity contribution is 5.87. The molecular formula is C17H29N3O4. The van der Waals surface area contributed by atoms with E-state index in [0.29, 0.717) is 32.8 Å². The summed E-state index contributed by atoms with van der Waals surface area (Å²) in [5.41, 5.74) is -1.44. The Labute approximate surface area is 143 Å². The zero-order chi connectivity index (χ0) is 17.5. The van der Waals surface area contributed by atoms with Gasteiger partial charge < -0.3 is 19.6 Å². The predicted molar refractivity (Wildman–Crippen MR) is 88.7 cm³/mol. The van der Waals surface area contributed by atoms with E-state index >= 15 is 0 Å². The number of likely N-dealkylation sites (tertiary alicyclic amines) is 2. The van der Waals surface area contributed by atoms with E-state index in [-0.39, 0.29) is 11.8 Å². The first-order chi connectivity index (χ1) is 11.3. The van der Waals surface area contributed by atoms with Crippen LogP contribution in [0.1, 0.15) is 20.3 Å². The van der Waals surface area contributed by atoms with Gasteiger partial charge in [0.05, 0.1) is 18.8 Å². The van der Waals surface area contributed by atoms with Crippen LogP contribution < -0.4 is 0 Å². The van der Waals surface area contributed by atoms with Crippen LogP contribution in [0.25, 0.3) is 0 Å². The molecule has 3 saturated heterocycles. The highest BCUT2D eigenvalue weighted by Crippen LogP contribution is 2.43. The van der Waals surface area contributed by atoms with Gasteiger partial charge in [0.2, 0.25) is 5.91 Å². The lowest BCUT2D eigenvalue weighted by Crippen LogP contribution is -2.59. The number of carbonyl (C=O) groups excluding carboxylic acids is 1. The van der Waals surface area contributed by atoms with Crippen molar-refractivity contribution in [3.8, 4) is 0 Å². The number of ether oxygens (including phenoxy) is 1. The molecule has 3 aliphatic heterocycles. The van der Waals surface area contributed by atoms with Crippen LogP contribution in [0.2, 0.25) is 0 Å². The van der Waals surface area contributed by atoms with Gasteiger partial charge in [-0.1, -0.05) is 0 Å². The molecule has 3 aliphatic rings. The zero-order valence-electron chi connectivity index (χ0n) is 15.0. The molecule has 0 spiro atoms. The van der Waals surface area contributed by atoms with Gasteiger partial charge in [-0.2, -0.15) is 0 Å². The third kappa shape index (κ3) is 2.82. The molecule has 1 N–H and O–H groups in total. The van der Waals surface area contributed by atoms with E-state index in [2.05, 4.69) is 9.80 Å². The fourth-order valence-corrected chi connectivity index (χ4v) is 4.57. The van der Waals surface area contributed by atoms with Gasteiger partial charge in [0.1, 0.15) is 5.41 Å². The van der Waals surface area contributed by atoms with Crippen molar-refractivity contribution in [1.82, 2.24) is 14.7 Å². The van der Waals surface area contributed by atoms with Crippen molar-refractivity contribution in [1.29, 1.82) is 0 Å². The van der Waals surface area contributed by atoms with E-state index in [0.717, 1.165) is 26.1 Å². The summed E-state index contributed by atoms with van der Waals surface area (Å²) < 4.78 is 5.39. The van der Waals surface area contributed by atoms with Gasteiger partial charge in [0.25, 0.3) is 0 Å². The summed E-state index contributed by atoms with van der Waals surface area (Å²) in [6.45, 7) is 8.96. The maximum absolute atomic E-state index is 13.2. The zero-order valence-corrected chi connectivity index (χ0v) is 15.0. The van der Waals surface area contributed by atoms with Gasteiger partial charge in [-0.15, -0.1) is 0 Å². The number of carboxylic acids is 1. The van der Waals surface area contributed by atoms with E-state index in [4.69, 9.17) is 4.74 Å². The molecule has 0 saturated carbocycles. The Hall–Kier alpha value is -1.18. The highest BCUT2D eigenvalue weighted by Gasteiger charge is 2.57. The number of morpholine rings is 1. The maximum atomic E-state index is 13.2. The van der Waals surface area contributed by atoms with Gasteiger partial charge in [0, 0.05) is 32.7 Å². The standard InChI is InChI=1S/C17H29N3O4/c1-16(2,20-6-8-24-9-7-20)14(21)19-10-13-4-5-18(3)11-17(13,12-19)15(22)23/h13H,4-12H2,1-3H3,(H,22,23)/t13-,17-/m0/s1. The van der Waals surface area contributed by atoms with Crippen molar-refractivity contribution in [3.63, 3.8) is 0 Å². The van der Waals surface area contributed by atoms with Crippen LogP contribution in [0.4, 0.5) is 0 Å². The normalized spacial score (nSPS) is 32.6. The van der Waals surface area contributed by atoms with Crippen LogP contribution in [-0.4, -0.2) is 96.8 Å². The molecule has 0 aromatic carbocycles. The lowest BCUT2D eigenvalue weighted by atomic mass is 9.73. The molecule has 24 heavy (non-hydrogen) atoms. The molecule has 3 rings (SSSR count). The molecule has 0 aliphatic carbocycles. The number of carboxylic acid groups (broad SMARTS) is 1. The van der Waals surface area contributed by atoms with Crippen LogP contribution in [0.3, 0.4) is 0 Å². The summed E-state index contributed by atoms with van der Waals surface area (Å²) >= 11 is 0. The van der Waals surface area contributed by atoms with E-state index < -0.39 is 16.9 Å². The number of carbonyl (C=O) groups is 2. The average Bonchev–Trinajstić information content (AvgIpc) is 2.95. The number of amides is 1. The minimum absolute atomic E-state index is 0.0436. The van der Waals surface area contributed by atoms with Crippen molar-refractivity contribution >= 4 is 11.9 Å². The summed E-state index contributed by atoms with van der Waals surface area (Å²) in [7, 11) is 1.96. The number of nitrogens with zero attached hydrogens (tertiary/aromatic N) is 3. The first kappa shape index (κ1) is 17.6. The van der Waals surface area contributed by atoms with E-state index in [1.54, 1.807) is 4.90 Å². The Morgan fingerprint density at radius 1 is 1.17 bits per heavy atom. The van der Waals surface area contributed by atoms with Crippen LogP contribution in [-0.2, 0) is 14.3 Å². The second kappa shape index (κ2) is 6.28. The highest BCUT2D eigenvalue weighted by atomic mass is 16.5. The SMILES string of the molecule is CN1CC[C@H]2CN(C(=O)C(C)(C)N3CCOCC3)C[C@@]2(C(=O)O)C1. The van der Waals surface area contributed by atoms with E-state index in [1.165, 1.54) is 0 Å². The van der Waals surface area contributed by atoms with Gasteiger partial charge in [-0.05, 0) is 39.8 Å². The Morgan fingerprint density at radius 2 is 1.83 bits per heavy atom. The van der Waals surface area contributed by atoms with Gasteiger partial charge in [0.15, 0.2) is 0 Å². The van der Waals surface area contributed by atoms with E-state index in [9.17, 15) is 14.7 Å². The second-order valence-electron chi connectivity index (χ2n) is 8.03. The maximum Gasteiger partial charge on any atom is 0.313 e. The first-order valence-electron chi connectivity index (χ1n) is 8.81. The summed E-state index contributed by atoms with van der Waals surface area (Å²) in [5, 5.41) is 9.88. The molecule has 7 heteroatoms. The molecular weight excluding hydrogens is 310 g/mol. The number of rotatable bonds is 3. The van der Waals surface area contributed by atoms with Crippen LogP contribution in [0.15, 0.2) is 0 Å². The number of aliphatic carboxylic acids is 1. The minimum Gasteiger partial charge on any atom is -0.481 e. The summed E-state index contributed by atoms with van der Waals surface area (Å²) in [6.07, 6.45) is 0.838. The topological polar surface area (TPSA) is 73.3 Å². The molecule has 3 fully saturated rings. The fraction of sp³-hybridized carbons (Fsp3) is 0.882. The van der Waals surface area contributed by atoms with Gasteiger partial charge in [-0.25, -0.2) is 0 Å². The molecule has 2 atom stereocenters. The Morgan fingerprint density at radius 3 is 2.46 bits per heavy atom. The Bertz CT molecular complexity index is 518. The number of fused-ring (bicyclic) bond motifs is 1. The van der Waals surface area contributed by atoms with Crippen molar-refractivity contribution in [2.45, 2.75) is 25.8 Å². The number of hydrogen-bond donors (Lipinski definition) is 1. The Balaban J connectivity index is 1.78. The molecule has 0 aromatic heterocycles. The fourth-order valence-electron chi connectivity index (χ4n) is 4.57. The first-order valence-corrected chi connectivity index (χ1v) is 8.81. The van der Waals surface area contributed by atoms with Crippen molar-refractivity contribution in [3.05, 3.63) is 0 Å². The molecule has 0 unspecified atom stereocenters. The third-order valence-corrected chi connectivity index (χ3v) is 6.14. The summed E-state index contributed by atoms with van der Waals surface area (Å²) in [4.78, 5) is 31.3. The smallest absolute Gasteiger partial charge is 0.313 e. The molecule has 0 radical (unpaired) electrons. The summed E-state index contributed by atoms with van der Waals surface area (Å²) in [6, 6.07) is 0. The molecule has 1 amide bonds. The minimum atomic E-state index is -0.816. The predicted octanol–water partition coefficient (Wildman–Crippen LogP) is -0.0379. The third-order valence-electron chi connectivity index (χ3n) is 6.14. The number of hydrogen-bond acceptors (Lipinski definition) is 5. The average molecular weight is 339 g/mol. The molecule has 7 nitrogen and oxygen atoms in total.